The largest absolute Gasteiger partial charge is 0.298 e. The van der Waals surface area contributed by atoms with Crippen LogP contribution in [-0.2, 0) is 10.2 Å². The molecule has 1 unspecified atom stereocenters. The highest BCUT2D eigenvalue weighted by Crippen LogP contribution is 2.43. The van der Waals surface area contributed by atoms with Crippen LogP contribution in [0.1, 0.15) is 31.2 Å². The first-order chi connectivity index (χ1) is 7.33. The Morgan fingerprint density at radius 1 is 1.20 bits per heavy atom. The van der Waals surface area contributed by atoms with Gasteiger partial charge >= 0.3 is 0 Å². The van der Waals surface area contributed by atoms with Crippen molar-refractivity contribution in [1.82, 2.24) is 0 Å². The standard InChI is InChI=1S/C13H13NO/c15-12-7-3-4-8-13(12)9-14-11-6-2-1-5-10(11)13/h1-2,5-6,9H,3-4,7-8H2. The van der Waals surface area contributed by atoms with E-state index in [0.29, 0.717) is 12.2 Å². The van der Waals surface area contributed by atoms with Crippen molar-refractivity contribution in [2.75, 3.05) is 0 Å². The van der Waals surface area contributed by atoms with Crippen LogP contribution < -0.4 is 0 Å². The Balaban J connectivity index is 2.15. The van der Waals surface area contributed by atoms with E-state index < -0.39 is 0 Å². The molecule has 3 rings (SSSR count). The van der Waals surface area contributed by atoms with Crippen LogP contribution in [0.15, 0.2) is 29.3 Å². The van der Waals surface area contributed by atoms with Gasteiger partial charge in [-0.2, -0.15) is 0 Å². The van der Waals surface area contributed by atoms with Crippen molar-refractivity contribution in [3.05, 3.63) is 29.8 Å². The molecule has 1 aromatic rings. The van der Waals surface area contributed by atoms with E-state index in [0.717, 1.165) is 30.5 Å². The van der Waals surface area contributed by atoms with Gasteiger partial charge in [0.15, 0.2) is 0 Å². The van der Waals surface area contributed by atoms with E-state index in [1.165, 1.54) is 0 Å². The summed E-state index contributed by atoms with van der Waals surface area (Å²) in [5, 5.41) is 0. The highest BCUT2D eigenvalue weighted by molar-refractivity contribution is 6.10. The third kappa shape index (κ3) is 1.11. The zero-order valence-electron chi connectivity index (χ0n) is 8.57. The number of carbonyl (C=O) groups is 1. The van der Waals surface area contributed by atoms with E-state index in [1.54, 1.807) is 0 Å². The lowest BCUT2D eigenvalue weighted by molar-refractivity contribution is -0.123. The van der Waals surface area contributed by atoms with Crippen LogP contribution in [0.5, 0.6) is 0 Å². The van der Waals surface area contributed by atoms with Gasteiger partial charge in [-0.25, -0.2) is 0 Å². The minimum atomic E-state index is -0.366. The van der Waals surface area contributed by atoms with Gasteiger partial charge in [0.2, 0.25) is 0 Å². The summed E-state index contributed by atoms with van der Waals surface area (Å²) in [5.74, 6) is 0.349. The molecule has 0 radical (unpaired) electrons. The molecule has 0 bridgehead atoms. The predicted octanol–water partition coefficient (Wildman–Crippen LogP) is 2.78. The molecule has 2 heteroatoms. The Morgan fingerprint density at radius 2 is 2.07 bits per heavy atom. The zero-order chi connectivity index (χ0) is 10.3. The maximum absolute atomic E-state index is 12.1. The quantitative estimate of drug-likeness (QED) is 0.631. The molecular weight excluding hydrogens is 186 g/mol. The van der Waals surface area contributed by atoms with Crippen LogP contribution in [0.4, 0.5) is 5.69 Å². The molecule has 0 amide bonds. The van der Waals surface area contributed by atoms with Crippen LogP contribution in [-0.4, -0.2) is 12.0 Å². The van der Waals surface area contributed by atoms with Gasteiger partial charge < -0.3 is 0 Å². The van der Waals surface area contributed by atoms with E-state index in [1.807, 2.05) is 30.5 Å². The van der Waals surface area contributed by atoms with Crippen LogP contribution >= 0.6 is 0 Å². The Morgan fingerprint density at radius 3 is 2.93 bits per heavy atom. The van der Waals surface area contributed by atoms with Crippen molar-refractivity contribution in [3.63, 3.8) is 0 Å². The zero-order valence-corrected chi connectivity index (χ0v) is 8.57. The van der Waals surface area contributed by atoms with Gasteiger partial charge in [-0.3, -0.25) is 9.79 Å². The average molecular weight is 199 g/mol. The summed E-state index contributed by atoms with van der Waals surface area (Å²) >= 11 is 0. The highest BCUT2D eigenvalue weighted by atomic mass is 16.1. The normalized spacial score (nSPS) is 28.4. The minimum Gasteiger partial charge on any atom is -0.298 e. The van der Waals surface area contributed by atoms with E-state index in [-0.39, 0.29) is 5.41 Å². The fourth-order valence-corrected chi connectivity index (χ4v) is 2.69. The minimum absolute atomic E-state index is 0.349. The lowest BCUT2D eigenvalue weighted by Gasteiger charge is -2.30. The van der Waals surface area contributed by atoms with Crippen LogP contribution in [0.3, 0.4) is 0 Å². The number of hydrogen-bond donors (Lipinski definition) is 0. The van der Waals surface area contributed by atoms with Gasteiger partial charge in [-0.1, -0.05) is 24.6 Å². The fourth-order valence-electron chi connectivity index (χ4n) is 2.69. The summed E-state index contributed by atoms with van der Waals surface area (Å²) < 4.78 is 0. The fraction of sp³-hybridized carbons (Fsp3) is 0.385. The average Bonchev–Trinajstić information content (AvgIpc) is 2.64. The lowest BCUT2D eigenvalue weighted by Crippen LogP contribution is -2.38. The number of benzene rings is 1. The van der Waals surface area contributed by atoms with Gasteiger partial charge in [0.05, 0.1) is 11.1 Å². The number of Topliss-reactive ketones (excluding diaryl/α,β-unsaturated/α-hetero) is 1. The third-order valence-electron chi connectivity index (χ3n) is 3.53. The van der Waals surface area contributed by atoms with Crippen molar-refractivity contribution in [2.24, 2.45) is 4.99 Å². The molecule has 15 heavy (non-hydrogen) atoms. The second kappa shape index (κ2) is 3.02. The van der Waals surface area contributed by atoms with Gasteiger partial charge in [-0.15, -0.1) is 0 Å². The summed E-state index contributed by atoms with van der Waals surface area (Å²) in [6.07, 6.45) is 5.69. The molecule has 0 N–H and O–H groups in total. The molecular formula is C13H13NO. The Hall–Kier alpha value is -1.44. The predicted molar refractivity (Wildman–Crippen MR) is 59.7 cm³/mol. The second-order valence-electron chi connectivity index (χ2n) is 4.38. The number of hydrogen-bond acceptors (Lipinski definition) is 2. The number of carbonyl (C=O) groups excluding carboxylic acids is 1. The summed E-state index contributed by atoms with van der Waals surface area (Å²) in [5.41, 5.74) is 1.73. The SMILES string of the molecule is O=C1CCCCC12C=Nc1ccccc12. The maximum Gasteiger partial charge on any atom is 0.148 e. The van der Waals surface area contributed by atoms with E-state index in [2.05, 4.69) is 4.99 Å². The highest BCUT2D eigenvalue weighted by Gasteiger charge is 2.43. The van der Waals surface area contributed by atoms with E-state index in [9.17, 15) is 4.79 Å². The number of fused-ring (bicyclic) bond motifs is 2. The number of ketones is 1. The first-order valence-electron chi connectivity index (χ1n) is 5.51. The van der Waals surface area contributed by atoms with Crippen LogP contribution in [0.25, 0.3) is 0 Å². The number of para-hydroxylation sites is 1. The van der Waals surface area contributed by atoms with Crippen LogP contribution in [0.2, 0.25) is 0 Å². The molecule has 0 saturated heterocycles. The van der Waals surface area contributed by atoms with Crippen molar-refractivity contribution >= 4 is 17.7 Å². The number of aliphatic imine (C=N–C) groups is 1. The van der Waals surface area contributed by atoms with Gasteiger partial charge in [0, 0.05) is 12.6 Å². The van der Waals surface area contributed by atoms with E-state index >= 15 is 0 Å². The van der Waals surface area contributed by atoms with Crippen molar-refractivity contribution in [1.29, 1.82) is 0 Å². The summed E-state index contributed by atoms with van der Waals surface area (Å²) in [6, 6.07) is 8.01. The summed E-state index contributed by atoms with van der Waals surface area (Å²) in [4.78, 5) is 16.5. The number of rotatable bonds is 0. The molecule has 1 saturated carbocycles. The van der Waals surface area contributed by atoms with Gasteiger partial charge in [-0.05, 0) is 24.5 Å². The molecule has 1 fully saturated rings. The molecule has 1 atom stereocenters. The Bertz CT molecular complexity index is 450. The molecule has 2 aliphatic rings. The third-order valence-corrected chi connectivity index (χ3v) is 3.53. The monoisotopic (exact) mass is 199 g/mol. The summed E-state index contributed by atoms with van der Waals surface area (Å²) in [7, 11) is 0. The Labute approximate surface area is 89.0 Å². The first-order valence-corrected chi connectivity index (χ1v) is 5.51. The van der Waals surface area contributed by atoms with Crippen molar-refractivity contribution < 1.29 is 4.79 Å². The first kappa shape index (κ1) is 8.84. The van der Waals surface area contributed by atoms with Gasteiger partial charge in [0.25, 0.3) is 0 Å². The maximum atomic E-state index is 12.1. The van der Waals surface area contributed by atoms with Crippen LogP contribution in [0, 0.1) is 0 Å². The lowest BCUT2D eigenvalue weighted by atomic mass is 9.70. The molecule has 1 aliphatic heterocycles. The molecule has 76 valence electrons. The molecule has 1 aliphatic carbocycles. The van der Waals surface area contributed by atoms with Crippen molar-refractivity contribution in [2.45, 2.75) is 31.1 Å². The molecule has 0 aromatic heterocycles. The Kier molecular flexibility index (Phi) is 1.78. The molecule has 2 nitrogen and oxygen atoms in total. The van der Waals surface area contributed by atoms with Crippen molar-refractivity contribution in [3.8, 4) is 0 Å². The molecule has 1 spiro atoms. The molecule has 1 aromatic carbocycles. The number of nitrogens with zero attached hydrogens (tertiary/aromatic N) is 1. The van der Waals surface area contributed by atoms with Gasteiger partial charge in [0.1, 0.15) is 5.78 Å². The topological polar surface area (TPSA) is 29.4 Å². The molecule has 1 heterocycles. The smallest absolute Gasteiger partial charge is 0.148 e. The second-order valence-corrected chi connectivity index (χ2v) is 4.38. The van der Waals surface area contributed by atoms with E-state index in [4.69, 9.17) is 0 Å². The summed E-state index contributed by atoms with van der Waals surface area (Å²) in [6.45, 7) is 0.